The third kappa shape index (κ3) is 2.77. The predicted molar refractivity (Wildman–Crippen MR) is 77.9 cm³/mol. The van der Waals surface area contributed by atoms with Crippen molar-refractivity contribution in [3.8, 4) is 0 Å². The van der Waals surface area contributed by atoms with Crippen molar-refractivity contribution >= 4 is 10.0 Å². The molecule has 0 radical (unpaired) electrons. The van der Waals surface area contributed by atoms with Crippen molar-refractivity contribution in [1.29, 1.82) is 0 Å². The van der Waals surface area contributed by atoms with E-state index in [1.165, 1.54) is 0 Å². The zero-order valence-corrected chi connectivity index (χ0v) is 13.4. The van der Waals surface area contributed by atoms with E-state index < -0.39 is 10.0 Å². The van der Waals surface area contributed by atoms with Crippen LogP contribution in [0.3, 0.4) is 0 Å². The Morgan fingerprint density at radius 2 is 2.05 bits per heavy atom. The van der Waals surface area contributed by atoms with Crippen LogP contribution in [0.25, 0.3) is 0 Å². The van der Waals surface area contributed by atoms with Crippen molar-refractivity contribution in [2.24, 2.45) is 5.41 Å². The minimum atomic E-state index is -3.45. The van der Waals surface area contributed by atoms with Crippen molar-refractivity contribution in [3.05, 3.63) is 18.0 Å². The van der Waals surface area contributed by atoms with Gasteiger partial charge in [0.25, 0.3) is 0 Å². The van der Waals surface area contributed by atoms with E-state index in [4.69, 9.17) is 0 Å². The smallest absolute Gasteiger partial charge is 0.244 e. The molecule has 1 aliphatic rings. The molecule has 0 unspecified atom stereocenters. The number of aromatic nitrogens is 1. The second-order valence-corrected chi connectivity index (χ2v) is 8.52. The van der Waals surface area contributed by atoms with Gasteiger partial charge in [-0.25, -0.2) is 8.42 Å². The third-order valence-corrected chi connectivity index (χ3v) is 5.72. The first-order valence-electron chi connectivity index (χ1n) is 6.99. The summed E-state index contributed by atoms with van der Waals surface area (Å²) in [5.41, 5.74) is 0.671. The maximum Gasteiger partial charge on any atom is 0.244 e. The molecule has 5 nitrogen and oxygen atoms in total. The molecule has 1 aliphatic heterocycles. The normalized spacial score (nSPS) is 19.9. The Bertz CT molecular complexity index is 588. The number of aliphatic hydroxyl groups is 1. The summed E-state index contributed by atoms with van der Waals surface area (Å²) in [7, 11) is -3.45. The van der Waals surface area contributed by atoms with Crippen LogP contribution in [0.2, 0.25) is 0 Å². The van der Waals surface area contributed by atoms with Gasteiger partial charge in [-0.05, 0) is 31.7 Å². The fourth-order valence-corrected chi connectivity index (χ4v) is 4.34. The van der Waals surface area contributed by atoms with Crippen LogP contribution in [-0.2, 0) is 16.6 Å². The van der Waals surface area contributed by atoms with Gasteiger partial charge < -0.3 is 9.67 Å². The summed E-state index contributed by atoms with van der Waals surface area (Å²) in [5.74, 6) is 0. The van der Waals surface area contributed by atoms with Gasteiger partial charge in [0.1, 0.15) is 4.90 Å². The molecule has 0 aromatic carbocycles. The molecule has 0 saturated carbocycles. The van der Waals surface area contributed by atoms with Crippen molar-refractivity contribution < 1.29 is 13.5 Å². The van der Waals surface area contributed by atoms with Crippen molar-refractivity contribution in [2.45, 2.75) is 51.7 Å². The maximum absolute atomic E-state index is 12.7. The highest BCUT2D eigenvalue weighted by molar-refractivity contribution is 7.89. The van der Waals surface area contributed by atoms with Crippen LogP contribution >= 0.6 is 0 Å². The van der Waals surface area contributed by atoms with Crippen molar-refractivity contribution in [1.82, 2.24) is 8.87 Å². The molecule has 0 aliphatic carbocycles. The first-order valence-corrected chi connectivity index (χ1v) is 8.43. The standard InChI is InChI=1S/C14H24N2O3S/c1-11(2)16-8-13(7-12(16)9-17)20(18,19)15-6-5-14(3,4)10-15/h7-8,11,17H,5-6,9-10H2,1-4H3. The van der Waals surface area contributed by atoms with E-state index >= 15 is 0 Å². The summed E-state index contributed by atoms with van der Waals surface area (Å²) in [6.45, 7) is 9.07. The average molecular weight is 300 g/mol. The first kappa shape index (κ1) is 15.5. The minimum Gasteiger partial charge on any atom is -0.390 e. The molecule has 0 spiro atoms. The fraction of sp³-hybridized carbons (Fsp3) is 0.714. The predicted octanol–water partition coefficient (Wildman–Crippen LogP) is 1.98. The molecule has 0 bridgehead atoms. The van der Waals surface area contributed by atoms with E-state index in [9.17, 15) is 13.5 Å². The molecular weight excluding hydrogens is 276 g/mol. The van der Waals surface area contributed by atoms with Crippen LogP contribution in [-0.4, -0.2) is 35.5 Å². The van der Waals surface area contributed by atoms with E-state index in [2.05, 4.69) is 13.8 Å². The van der Waals surface area contributed by atoms with Crippen LogP contribution in [0.15, 0.2) is 17.2 Å². The monoisotopic (exact) mass is 300 g/mol. The van der Waals surface area contributed by atoms with Crippen molar-refractivity contribution in [2.75, 3.05) is 13.1 Å². The molecule has 0 atom stereocenters. The Hall–Kier alpha value is -0.850. The fourth-order valence-electron chi connectivity index (χ4n) is 2.66. The van der Waals surface area contributed by atoms with Crippen molar-refractivity contribution in [3.63, 3.8) is 0 Å². The quantitative estimate of drug-likeness (QED) is 0.925. The van der Waals surface area contributed by atoms with E-state index in [0.717, 1.165) is 6.42 Å². The lowest BCUT2D eigenvalue weighted by Crippen LogP contribution is -2.30. The summed E-state index contributed by atoms with van der Waals surface area (Å²) < 4.78 is 28.7. The van der Waals surface area contributed by atoms with Gasteiger partial charge in [0.2, 0.25) is 10.0 Å². The Balaban J connectivity index is 2.36. The van der Waals surface area contributed by atoms with Gasteiger partial charge in [-0.1, -0.05) is 13.8 Å². The summed E-state index contributed by atoms with van der Waals surface area (Å²) in [6, 6.07) is 1.71. The molecule has 20 heavy (non-hydrogen) atoms. The summed E-state index contributed by atoms with van der Waals surface area (Å²) in [5, 5.41) is 9.37. The van der Waals surface area contributed by atoms with Gasteiger partial charge in [0, 0.05) is 31.0 Å². The highest BCUT2D eigenvalue weighted by Crippen LogP contribution is 2.33. The third-order valence-electron chi connectivity index (χ3n) is 3.91. The topological polar surface area (TPSA) is 62.5 Å². The van der Waals surface area contributed by atoms with Gasteiger partial charge >= 0.3 is 0 Å². The van der Waals surface area contributed by atoms with Gasteiger partial charge in [-0.15, -0.1) is 0 Å². The Morgan fingerprint density at radius 3 is 2.45 bits per heavy atom. The second kappa shape index (κ2) is 5.16. The van der Waals surface area contributed by atoms with E-state index in [1.807, 2.05) is 18.4 Å². The lowest BCUT2D eigenvalue weighted by molar-refractivity contribution is 0.268. The molecule has 1 aromatic heterocycles. The summed E-state index contributed by atoms with van der Waals surface area (Å²) in [6.07, 6.45) is 2.51. The second-order valence-electron chi connectivity index (χ2n) is 6.58. The highest BCUT2D eigenvalue weighted by atomic mass is 32.2. The molecule has 2 rings (SSSR count). The zero-order valence-electron chi connectivity index (χ0n) is 12.6. The number of sulfonamides is 1. The van der Waals surface area contributed by atoms with Gasteiger partial charge in [0.05, 0.1) is 6.61 Å². The lowest BCUT2D eigenvalue weighted by Gasteiger charge is -2.19. The van der Waals surface area contributed by atoms with Crippen LogP contribution in [0.1, 0.15) is 45.9 Å². The Morgan fingerprint density at radius 1 is 1.40 bits per heavy atom. The minimum absolute atomic E-state index is 0.0352. The number of rotatable bonds is 4. The van der Waals surface area contributed by atoms with Crippen LogP contribution in [0, 0.1) is 5.41 Å². The van der Waals surface area contributed by atoms with E-state index in [1.54, 1.807) is 16.6 Å². The molecular formula is C14H24N2O3S. The number of hydrogen-bond donors (Lipinski definition) is 1. The highest BCUT2D eigenvalue weighted by Gasteiger charge is 2.37. The molecule has 6 heteroatoms. The van der Waals surface area contributed by atoms with Gasteiger partial charge in [0.15, 0.2) is 0 Å². The molecule has 1 fully saturated rings. The molecule has 1 N–H and O–H groups in total. The largest absolute Gasteiger partial charge is 0.390 e. The zero-order chi connectivity index (χ0) is 15.1. The Labute approximate surface area is 121 Å². The molecule has 2 heterocycles. The van der Waals surface area contributed by atoms with Crippen LogP contribution in [0.4, 0.5) is 0 Å². The average Bonchev–Trinajstić information content (AvgIpc) is 2.92. The van der Waals surface area contributed by atoms with Crippen LogP contribution in [0.5, 0.6) is 0 Å². The Kier molecular flexibility index (Phi) is 4.01. The summed E-state index contributed by atoms with van der Waals surface area (Å²) >= 11 is 0. The molecule has 1 saturated heterocycles. The summed E-state index contributed by atoms with van der Waals surface area (Å²) in [4.78, 5) is 0.285. The van der Waals surface area contributed by atoms with Crippen LogP contribution < -0.4 is 0 Å². The number of aliphatic hydroxyl groups excluding tert-OH is 1. The number of nitrogens with zero attached hydrogens (tertiary/aromatic N) is 2. The molecule has 114 valence electrons. The van der Waals surface area contributed by atoms with Gasteiger partial charge in [-0.3, -0.25) is 0 Å². The van der Waals surface area contributed by atoms with E-state index in [0.29, 0.717) is 18.8 Å². The lowest BCUT2D eigenvalue weighted by atomic mass is 9.93. The number of hydrogen-bond acceptors (Lipinski definition) is 3. The van der Waals surface area contributed by atoms with Gasteiger partial charge in [-0.2, -0.15) is 4.31 Å². The molecule has 1 aromatic rings. The molecule has 0 amide bonds. The first-order chi connectivity index (χ1) is 9.17. The SMILES string of the molecule is CC(C)n1cc(S(=O)(=O)N2CCC(C)(C)C2)cc1CO. The van der Waals surface area contributed by atoms with E-state index in [-0.39, 0.29) is 23.0 Å². The maximum atomic E-state index is 12.7.